The number of nitrogens with two attached hydrogens (primary N) is 1. The van der Waals surface area contributed by atoms with Crippen molar-refractivity contribution < 1.29 is 8.42 Å². The molecule has 1 saturated carbocycles. The van der Waals surface area contributed by atoms with Crippen molar-refractivity contribution in [2.24, 2.45) is 5.41 Å². The predicted octanol–water partition coefficient (Wildman–Crippen LogP) is 1.78. The van der Waals surface area contributed by atoms with E-state index in [9.17, 15) is 8.42 Å². The molecule has 0 aromatic heterocycles. The SMILES string of the molecule is CNS(=O)(=O)c1ccc(N)c(NCC2(C)CCC2)c1. The molecule has 0 saturated heterocycles. The monoisotopic (exact) mass is 283 g/mol. The summed E-state index contributed by atoms with van der Waals surface area (Å²) in [5.74, 6) is 0. The highest BCUT2D eigenvalue weighted by atomic mass is 32.2. The van der Waals surface area contributed by atoms with Gasteiger partial charge in [-0.05, 0) is 43.5 Å². The van der Waals surface area contributed by atoms with Gasteiger partial charge in [-0.15, -0.1) is 0 Å². The third kappa shape index (κ3) is 3.01. The van der Waals surface area contributed by atoms with Crippen LogP contribution in [0.3, 0.4) is 0 Å². The van der Waals surface area contributed by atoms with Crippen molar-refractivity contribution in [1.29, 1.82) is 0 Å². The fourth-order valence-corrected chi connectivity index (χ4v) is 3.00. The zero-order valence-electron chi connectivity index (χ0n) is 11.4. The Hall–Kier alpha value is -1.27. The van der Waals surface area contributed by atoms with Crippen molar-refractivity contribution in [3.63, 3.8) is 0 Å². The molecule has 0 atom stereocenters. The lowest BCUT2D eigenvalue weighted by Gasteiger charge is -2.38. The average Bonchev–Trinajstić information content (AvgIpc) is 2.35. The molecule has 19 heavy (non-hydrogen) atoms. The molecule has 0 heterocycles. The molecule has 1 aromatic carbocycles. The summed E-state index contributed by atoms with van der Waals surface area (Å²) in [5.41, 5.74) is 7.45. The number of benzene rings is 1. The third-order valence-electron chi connectivity index (χ3n) is 3.87. The molecule has 0 spiro atoms. The quantitative estimate of drug-likeness (QED) is 0.719. The van der Waals surface area contributed by atoms with Crippen molar-refractivity contribution in [2.75, 3.05) is 24.6 Å². The van der Waals surface area contributed by atoms with Crippen LogP contribution in [-0.4, -0.2) is 22.0 Å². The number of sulfonamides is 1. The van der Waals surface area contributed by atoms with Crippen LogP contribution in [0.2, 0.25) is 0 Å². The van der Waals surface area contributed by atoms with E-state index in [1.54, 1.807) is 12.1 Å². The molecule has 4 N–H and O–H groups in total. The van der Waals surface area contributed by atoms with Crippen molar-refractivity contribution in [2.45, 2.75) is 31.1 Å². The van der Waals surface area contributed by atoms with E-state index in [2.05, 4.69) is 17.0 Å². The lowest BCUT2D eigenvalue weighted by atomic mass is 9.70. The molecule has 5 nitrogen and oxygen atoms in total. The van der Waals surface area contributed by atoms with Gasteiger partial charge in [0.05, 0.1) is 16.3 Å². The first-order valence-corrected chi connectivity index (χ1v) is 7.92. The summed E-state index contributed by atoms with van der Waals surface area (Å²) in [6, 6.07) is 4.72. The highest BCUT2D eigenvalue weighted by Crippen LogP contribution is 2.40. The molecule has 1 fully saturated rings. The van der Waals surface area contributed by atoms with Crippen LogP contribution in [-0.2, 0) is 10.0 Å². The molecule has 0 amide bonds. The molecule has 1 aliphatic carbocycles. The van der Waals surface area contributed by atoms with Crippen LogP contribution in [0.4, 0.5) is 11.4 Å². The Bertz CT molecular complexity index is 565. The minimum absolute atomic E-state index is 0.227. The summed E-state index contributed by atoms with van der Waals surface area (Å²) in [4.78, 5) is 0.227. The van der Waals surface area contributed by atoms with E-state index >= 15 is 0 Å². The Morgan fingerprint density at radius 1 is 1.37 bits per heavy atom. The summed E-state index contributed by atoms with van der Waals surface area (Å²) >= 11 is 0. The lowest BCUT2D eigenvalue weighted by molar-refractivity contribution is 0.180. The first-order valence-electron chi connectivity index (χ1n) is 6.43. The van der Waals surface area contributed by atoms with Crippen LogP contribution < -0.4 is 15.8 Å². The van der Waals surface area contributed by atoms with Gasteiger partial charge in [-0.1, -0.05) is 13.3 Å². The van der Waals surface area contributed by atoms with Crippen LogP contribution >= 0.6 is 0 Å². The Kier molecular flexibility index (Phi) is 3.73. The van der Waals surface area contributed by atoms with E-state index in [-0.39, 0.29) is 4.90 Å². The molecular weight excluding hydrogens is 262 g/mol. The molecule has 1 aromatic rings. The van der Waals surface area contributed by atoms with Gasteiger partial charge in [0.1, 0.15) is 0 Å². The maximum atomic E-state index is 11.8. The fourth-order valence-electron chi connectivity index (χ4n) is 2.24. The van der Waals surface area contributed by atoms with Crippen molar-refractivity contribution in [1.82, 2.24) is 4.72 Å². The van der Waals surface area contributed by atoms with Crippen LogP contribution in [0.5, 0.6) is 0 Å². The Labute approximate surface area is 114 Å². The molecule has 0 radical (unpaired) electrons. The molecule has 0 aliphatic heterocycles. The molecule has 2 rings (SSSR count). The first kappa shape index (κ1) is 14.1. The third-order valence-corrected chi connectivity index (χ3v) is 5.28. The Morgan fingerprint density at radius 3 is 2.58 bits per heavy atom. The highest BCUT2D eigenvalue weighted by molar-refractivity contribution is 7.89. The summed E-state index contributed by atoms with van der Waals surface area (Å²) in [6.07, 6.45) is 3.67. The van der Waals surface area contributed by atoms with E-state index in [1.165, 1.54) is 32.4 Å². The zero-order chi connectivity index (χ0) is 14.1. The van der Waals surface area contributed by atoms with Crippen LogP contribution in [0.25, 0.3) is 0 Å². The lowest BCUT2D eigenvalue weighted by Crippen LogP contribution is -2.33. The Balaban J connectivity index is 2.18. The minimum Gasteiger partial charge on any atom is -0.397 e. The normalized spacial score (nSPS) is 17.8. The average molecular weight is 283 g/mol. The van der Waals surface area contributed by atoms with E-state index < -0.39 is 10.0 Å². The summed E-state index contributed by atoms with van der Waals surface area (Å²) < 4.78 is 25.8. The molecule has 1 aliphatic rings. The van der Waals surface area contributed by atoms with Gasteiger partial charge in [0.2, 0.25) is 10.0 Å². The van der Waals surface area contributed by atoms with Gasteiger partial charge < -0.3 is 11.1 Å². The van der Waals surface area contributed by atoms with Gasteiger partial charge in [0, 0.05) is 6.54 Å². The van der Waals surface area contributed by atoms with Crippen molar-refractivity contribution in [3.05, 3.63) is 18.2 Å². The van der Waals surface area contributed by atoms with Gasteiger partial charge in [-0.25, -0.2) is 13.1 Å². The second kappa shape index (κ2) is 5.02. The number of nitrogens with one attached hydrogen (secondary N) is 2. The number of rotatable bonds is 5. The fraction of sp³-hybridized carbons (Fsp3) is 0.538. The van der Waals surface area contributed by atoms with Gasteiger partial charge in [0.15, 0.2) is 0 Å². The summed E-state index contributed by atoms with van der Waals surface area (Å²) in [5, 5.41) is 3.27. The topological polar surface area (TPSA) is 84.2 Å². The van der Waals surface area contributed by atoms with Gasteiger partial charge in [-0.3, -0.25) is 0 Å². The molecule has 0 bridgehead atoms. The van der Waals surface area contributed by atoms with Gasteiger partial charge in [-0.2, -0.15) is 0 Å². The smallest absolute Gasteiger partial charge is 0.240 e. The van der Waals surface area contributed by atoms with Gasteiger partial charge in [0.25, 0.3) is 0 Å². The number of nitrogen functional groups attached to an aromatic ring is 1. The largest absolute Gasteiger partial charge is 0.397 e. The molecule has 0 unspecified atom stereocenters. The first-order chi connectivity index (χ1) is 8.86. The molecule has 6 heteroatoms. The van der Waals surface area contributed by atoms with E-state index in [4.69, 9.17) is 5.73 Å². The zero-order valence-corrected chi connectivity index (χ0v) is 12.2. The number of hydrogen-bond donors (Lipinski definition) is 3. The second-order valence-electron chi connectivity index (χ2n) is 5.47. The molecule has 106 valence electrons. The maximum absolute atomic E-state index is 11.8. The van der Waals surface area contributed by atoms with E-state index in [1.807, 2.05) is 0 Å². The maximum Gasteiger partial charge on any atom is 0.240 e. The van der Waals surface area contributed by atoms with Crippen molar-refractivity contribution >= 4 is 21.4 Å². The van der Waals surface area contributed by atoms with E-state index in [0.717, 1.165) is 6.54 Å². The number of anilines is 2. The van der Waals surface area contributed by atoms with E-state index in [0.29, 0.717) is 16.8 Å². The highest BCUT2D eigenvalue weighted by Gasteiger charge is 2.31. The molecular formula is C13H21N3O2S. The van der Waals surface area contributed by atoms with Crippen LogP contribution in [0, 0.1) is 5.41 Å². The van der Waals surface area contributed by atoms with Crippen molar-refractivity contribution in [3.8, 4) is 0 Å². The van der Waals surface area contributed by atoms with Crippen LogP contribution in [0.1, 0.15) is 26.2 Å². The summed E-state index contributed by atoms with van der Waals surface area (Å²) in [6.45, 7) is 3.05. The minimum atomic E-state index is -3.43. The van der Waals surface area contributed by atoms with Gasteiger partial charge >= 0.3 is 0 Å². The van der Waals surface area contributed by atoms with Crippen LogP contribution in [0.15, 0.2) is 23.1 Å². The number of hydrogen-bond acceptors (Lipinski definition) is 4. The second-order valence-corrected chi connectivity index (χ2v) is 7.36. The Morgan fingerprint density at radius 2 is 2.05 bits per heavy atom. The standard InChI is InChI=1S/C13H21N3O2S/c1-13(6-3-7-13)9-16-12-8-10(4-5-11(12)14)19(17,18)15-2/h4-5,8,15-16H,3,6-7,9,14H2,1-2H3. The predicted molar refractivity (Wildman–Crippen MR) is 77.5 cm³/mol. The summed E-state index contributed by atoms with van der Waals surface area (Å²) in [7, 11) is -2.03.